The standard InChI is InChI=1S/C10H13NO2S/c1-14-8-7-11-10(12)13-9-5-3-2-4-6-9/h2-6H,7-8H2,1H3,(H,11,12). The molecule has 76 valence electrons. The van der Waals surface area contributed by atoms with Crippen molar-refractivity contribution in [1.29, 1.82) is 0 Å². The first-order valence-electron chi connectivity index (χ1n) is 4.32. The number of benzene rings is 1. The maximum atomic E-state index is 11.1. The van der Waals surface area contributed by atoms with E-state index < -0.39 is 6.09 Å². The molecule has 1 aromatic carbocycles. The van der Waals surface area contributed by atoms with E-state index in [0.29, 0.717) is 12.3 Å². The SMILES string of the molecule is CSCCNC(=O)Oc1ccccc1. The number of carbonyl (C=O) groups excluding carboxylic acids is 1. The monoisotopic (exact) mass is 211 g/mol. The second-order valence-corrected chi connectivity index (χ2v) is 3.61. The van der Waals surface area contributed by atoms with Crippen LogP contribution in [0.3, 0.4) is 0 Å². The summed E-state index contributed by atoms with van der Waals surface area (Å²) in [6, 6.07) is 9.01. The van der Waals surface area contributed by atoms with Gasteiger partial charge in [0.05, 0.1) is 0 Å². The molecular weight excluding hydrogens is 198 g/mol. The van der Waals surface area contributed by atoms with Gasteiger partial charge in [-0.3, -0.25) is 0 Å². The second kappa shape index (κ2) is 6.32. The van der Waals surface area contributed by atoms with E-state index in [2.05, 4.69) is 5.32 Å². The van der Waals surface area contributed by atoms with Crippen LogP contribution in [0.2, 0.25) is 0 Å². The lowest BCUT2D eigenvalue weighted by atomic mass is 10.3. The van der Waals surface area contributed by atoms with Gasteiger partial charge in [0, 0.05) is 12.3 Å². The Balaban J connectivity index is 2.27. The third-order valence-corrected chi connectivity index (χ3v) is 2.14. The summed E-state index contributed by atoms with van der Waals surface area (Å²) in [6.07, 6.45) is 1.59. The zero-order valence-electron chi connectivity index (χ0n) is 8.03. The average Bonchev–Trinajstić information content (AvgIpc) is 2.20. The van der Waals surface area contributed by atoms with Crippen LogP contribution < -0.4 is 10.1 Å². The quantitative estimate of drug-likeness (QED) is 0.775. The molecule has 4 heteroatoms. The van der Waals surface area contributed by atoms with Crippen LogP contribution in [0.25, 0.3) is 0 Å². The van der Waals surface area contributed by atoms with Crippen LogP contribution >= 0.6 is 11.8 Å². The summed E-state index contributed by atoms with van der Waals surface area (Å²) in [5.74, 6) is 1.46. The molecule has 0 aliphatic rings. The summed E-state index contributed by atoms with van der Waals surface area (Å²) in [5.41, 5.74) is 0. The molecule has 0 saturated heterocycles. The highest BCUT2D eigenvalue weighted by atomic mass is 32.2. The van der Waals surface area contributed by atoms with E-state index in [-0.39, 0.29) is 0 Å². The van der Waals surface area contributed by atoms with Gasteiger partial charge in [0.15, 0.2) is 0 Å². The van der Waals surface area contributed by atoms with Gasteiger partial charge in [0.1, 0.15) is 5.75 Å². The number of ether oxygens (including phenoxy) is 1. The van der Waals surface area contributed by atoms with Crippen LogP contribution in [-0.4, -0.2) is 24.6 Å². The van der Waals surface area contributed by atoms with E-state index in [1.165, 1.54) is 0 Å². The summed E-state index contributed by atoms with van der Waals surface area (Å²) in [5, 5.41) is 2.65. The average molecular weight is 211 g/mol. The van der Waals surface area contributed by atoms with E-state index in [1.807, 2.05) is 24.5 Å². The Labute approximate surface area is 87.8 Å². The molecule has 0 aromatic heterocycles. The molecule has 14 heavy (non-hydrogen) atoms. The lowest BCUT2D eigenvalue weighted by Gasteiger charge is -2.04. The molecule has 1 rings (SSSR count). The van der Waals surface area contributed by atoms with Crippen LogP contribution in [0.5, 0.6) is 5.75 Å². The molecule has 0 aliphatic carbocycles. The highest BCUT2D eigenvalue weighted by Crippen LogP contribution is 2.07. The third kappa shape index (κ3) is 4.18. The summed E-state index contributed by atoms with van der Waals surface area (Å²) in [4.78, 5) is 11.1. The van der Waals surface area contributed by atoms with E-state index in [1.54, 1.807) is 23.9 Å². The Kier molecular flexibility index (Phi) is 4.93. The van der Waals surface area contributed by atoms with Gasteiger partial charge in [-0.1, -0.05) is 18.2 Å². The van der Waals surface area contributed by atoms with Crippen LogP contribution in [0.1, 0.15) is 0 Å². The Morgan fingerprint density at radius 2 is 2.14 bits per heavy atom. The number of carbonyl (C=O) groups is 1. The van der Waals surface area contributed by atoms with Gasteiger partial charge >= 0.3 is 6.09 Å². The Morgan fingerprint density at radius 3 is 2.79 bits per heavy atom. The fraction of sp³-hybridized carbons (Fsp3) is 0.300. The van der Waals surface area contributed by atoms with Crippen LogP contribution in [-0.2, 0) is 0 Å². The number of hydrogen-bond acceptors (Lipinski definition) is 3. The van der Waals surface area contributed by atoms with Gasteiger partial charge in [-0.05, 0) is 18.4 Å². The van der Waals surface area contributed by atoms with Gasteiger partial charge < -0.3 is 10.1 Å². The second-order valence-electron chi connectivity index (χ2n) is 2.62. The number of thioether (sulfide) groups is 1. The maximum Gasteiger partial charge on any atom is 0.412 e. The number of hydrogen-bond donors (Lipinski definition) is 1. The molecule has 3 nitrogen and oxygen atoms in total. The summed E-state index contributed by atoms with van der Waals surface area (Å²) < 4.78 is 5.00. The van der Waals surface area contributed by atoms with Crippen LogP contribution in [0, 0.1) is 0 Å². The van der Waals surface area contributed by atoms with Crippen molar-refractivity contribution in [2.75, 3.05) is 18.6 Å². The van der Waals surface area contributed by atoms with Crippen molar-refractivity contribution in [2.45, 2.75) is 0 Å². The minimum atomic E-state index is -0.398. The summed E-state index contributed by atoms with van der Waals surface area (Å²) in [7, 11) is 0. The van der Waals surface area contributed by atoms with Gasteiger partial charge in [0.25, 0.3) is 0 Å². The van der Waals surface area contributed by atoms with Crippen LogP contribution in [0.4, 0.5) is 4.79 Å². The largest absolute Gasteiger partial charge is 0.412 e. The summed E-state index contributed by atoms with van der Waals surface area (Å²) >= 11 is 1.68. The fourth-order valence-electron chi connectivity index (χ4n) is 0.887. The predicted molar refractivity (Wildman–Crippen MR) is 58.9 cm³/mol. The first-order chi connectivity index (χ1) is 6.83. The molecular formula is C10H13NO2S. The fourth-order valence-corrected chi connectivity index (χ4v) is 1.19. The Hall–Kier alpha value is -1.16. The van der Waals surface area contributed by atoms with Crippen molar-refractivity contribution in [1.82, 2.24) is 5.32 Å². The number of rotatable bonds is 4. The Bertz CT molecular complexity index is 277. The van der Waals surface area contributed by atoms with Crippen molar-refractivity contribution in [3.05, 3.63) is 30.3 Å². The lowest BCUT2D eigenvalue weighted by molar-refractivity contribution is 0.201. The smallest absolute Gasteiger partial charge is 0.410 e. The minimum absolute atomic E-state index is 0.398. The molecule has 0 fully saturated rings. The highest BCUT2D eigenvalue weighted by molar-refractivity contribution is 7.98. The van der Waals surface area contributed by atoms with Gasteiger partial charge in [0.2, 0.25) is 0 Å². The lowest BCUT2D eigenvalue weighted by Crippen LogP contribution is -2.28. The van der Waals surface area contributed by atoms with Gasteiger partial charge in [-0.25, -0.2) is 4.79 Å². The predicted octanol–water partition coefficient (Wildman–Crippen LogP) is 2.14. The van der Waals surface area contributed by atoms with E-state index in [0.717, 1.165) is 5.75 Å². The normalized spacial score (nSPS) is 9.50. The molecule has 1 amide bonds. The minimum Gasteiger partial charge on any atom is -0.410 e. The van der Waals surface area contributed by atoms with Crippen molar-refractivity contribution in [2.24, 2.45) is 0 Å². The van der Waals surface area contributed by atoms with Crippen LogP contribution in [0.15, 0.2) is 30.3 Å². The molecule has 0 saturated carbocycles. The van der Waals surface area contributed by atoms with E-state index in [9.17, 15) is 4.79 Å². The zero-order chi connectivity index (χ0) is 10.2. The molecule has 0 heterocycles. The molecule has 0 bridgehead atoms. The van der Waals surface area contributed by atoms with Gasteiger partial charge in [-0.15, -0.1) is 0 Å². The molecule has 0 spiro atoms. The molecule has 0 aliphatic heterocycles. The van der Waals surface area contributed by atoms with Crippen molar-refractivity contribution >= 4 is 17.9 Å². The maximum absolute atomic E-state index is 11.1. The number of nitrogens with one attached hydrogen (secondary N) is 1. The van der Waals surface area contributed by atoms with E-state index >= 15 is 0 Å². The Morgan fingerprint density at radius 1 is 1.43 bits per heavy atom. The topological polar surface area (TPSA) is 38.3 Å². The number of amides is 1. The molecule has 1 aromatic rings. The van der Waals surface area contributed by atoms with Gasteiger partial charge in [-0.2, -0.15) is 11.8 Å². The van der Waals surface area contributed by atoms with Crippen molar-refractivity contribution < 1.29 is 9.53 Å². The molecule has 0 atom stereocenters. The first-order valence-corrected chi connectivity index (χ1v) is 5.72. The summed E-state index contributed by atoms with van der Waals surface area (Å²) in [6.45, 7) is 0.632. The number of para-hydroxylation sites is 1. The molecule has 0 radical (unpaired) electrons. The highest BCUT2D eigenvalue weighted by Gasteiger charge is 2.01. The third-order valence-electron chi connectivity index (χ3n) is 1.53. The van der Waals surface area contributed by atoms with Crippen molar-refractivity contribution in [3.8, 4) is 5.75 Å². The van der Waals surface area contributed by atoms with Crippen molar-refractivity contribution in [3.63, 3.8) is 0 Å². The molecule has 1 N–H and O–H groups in total. The zero-order valence-corrected chi connectivity index (χ0v) is 8.84. The first kappa shape index (κ1) is 10.9. The van der Waals surface area contributed by atoms with E-state index in [4.69, 9.17) is 4.74 Å². The molecule has 0 unspecified atom stereocenters.